The van der Waals surface area contributed by atoms with Crippen molar-refractivity contribution in [1.82, 2.24) is 5.32 Å². The second-order valence-corrected chi connectivity index (χ2v) is 5.21. The van der Waals surface area contributed by atoms with Gasteiger partial charge in [0, 0.05) is 6.42 Å². The van der Waals surface area contributed by atoms with Gasteiger partial charge in [-0.1, -0.05) is 6.07 Å². The minimum Gasteiger partial charge on any atom is -0.496 e. The van der Waals surface area contributed by atoms with Crippen molar-refractivity contribution in [1.29, 1.82) is 0 Å². The molecular formula is C16H23NO3. The van der Waals surface area contributed by atoms with E-state index in [0.29, 0.717) is 29.4 Å². The zero-order valence-electron chi connectivity index (χ0n) is 12.3. The number of Topliss-reactive ketones (excluding diaryl/α,β-unsaturated/α-hetero) is 1. The van der Waals surface area contributed by atoms with Gasteiger partial charge in [-0.2, -0.15) is 0 Å². The number of hydrogen-bond donors (Lipinski definition) is 1. The Morgan fingerprint density at radius 3 is 2.55 bits per heavy atom. The highest BCUT2D eigenvalue weighted by Gasteiger charge is 2.20. The summed E-state index contributed by atoms with van der Waals surface area (Å²) in [5.74, 6) is 1.89. The monoisotopic (exact) mass is 277 g/mol. The van der Waals surface area contributed by atoms with Gasteiger partial charge in [0.25, 0.3) is 0 Å². The Kier molecular flexibility index (Phi) is 5.41. The Morgan fingerprint density at radius 1 is 1.30 bits per heavy atom. The lowest BCUT2D eigenvalue weighted by atomic mass is 9.92. The molecule has 1 heterocycles. The van der Waals surface area contributed by atoms with Crippen molar-refractivity contribution in [3.8, 4) is 11.5 Å². The van der Waals surface area contributed by atoms with Crippen molar-refractivity contribution in [3.05, 3.63) is 23.8 Å². The zero-order valence-corrected chi connectivity index (χ0v) is 12.3. The van der Waals surface area contributed by atoms with Crippen LogP contribution in [0.15, 0.2) is 18.2 Å². The smallest absolute Gasteiger partial charge is 0.170 e. The van der Waals surface area contributed by atoms with Crippen LogP contribution in [0.25, 0.3) is 0 Å². The highest BCUT2D eigenvalue weighted by molar-refractivity contribution is 6.01. The molecule has 1 aliphatic heterocycles. The summed E-state index contributed by atoms with van der Waals surface area (Å²) in [4.78, 5) is 12.5. The van der Waals surface area contributed by atoms with Crippen LogP contribution >= 0.6 is 0 Å². The standard InChI is InChI=1S/C16H23NO3/c1-19-14-6-3-7-15(20-2)16(14)13(18)9-8-12-5-4-10-17-11-12/h3,6-7,12,17H,4-5,8-11H2,1-2H3. The molecule has 0 bridgehead atoms. The number of benzene rings is 1. The summed E-state index contributed by atoms with van der Waals surface area (Å²) in [5, 5.41) is 3.38. The predicted octanol–water partition coefficient (Wildman–Crippen LogP) is 2.67. The van der Waals surface area contributed by atoms with Crippen LogP contribution in [0.3, 0.4) is 0 Å². The van der Waals surface area contributed by atoms with Gasteiger partial charge in [0.15, 0.2) is 5.78 Å². The maximum Gasteiger partial charge on any atom is 0.170 e. The zero-order chi connectivity index (χ0) is 14.4. The third-order valence-electron chi connectivity index (χ3n) is 3.89. The van der Waals surface area contributed by atoms with Crippen LogP contribution in [0.1, 0.15) is 36.0 Å². The maximum absolute atomic E-state index is 12.5. The molecule has 1 unspecified atom stereocenters. The summed E-state index contributed by atoms with van der Waals surface area (Å²) in [6, 6.07) is 5.44. The van der Waals surface area contributed by atoms with Crippen molar-refractivity contribution in [3.63, 3.8) is 0 Å². The van der Waals surface area contributed by atoms with E-state index in [1.54, 1.807) is 26.4 Å². The largest absolute Gasteiger partial charge is 0.496 e. The highest BCUT2D eigenvalue weighted by Crippen LogP contribution is 2.30. The first-order chi connectivity index (χ1) is 9.76. The van der Waals surface area contributed by atoms with Gasteiger partial charge in [-0.15, -0.1) is 0 Å². The Labute approximate surface area is 120 Å². The molecule has 4 heteroatoms. The molecule has 110 valence electrons. The van der Waals surface area contributed by atoms with Gasteiger partial charge in [0.2, 0.25) is 0 Å². The van der Waals surface area contributed by atoms with E-state index in [1.807, 2.05) is 6.07 Å². The topological polar surface area (TPSA) is 47.6 Å². The lowest BCUT2D eigenvalue weighted by Crippen LogP contribution is -2.30. The number of carbonyl (C=O) groups is 1. The summed E-state index contributed by atoms with van der Waals surface area (Å²) in [5.41, 5.74) is 0.571. The molecule has 1 aromatic rings. The third-order valence-corrected chi connectivity index (χ3v) is 3.89. The van der Waals surface area contributed by atoms with E-state index < -0.39 is 0 Å². The maximum atomic E-state index is 12.5. The average Bonchev–Trinajstić information content (AvgIpc) is 2.52. The van der Waals surface area contributed by atoms with Crippen LogP contribution in [-0.4, -0.2) is 33.1 Å². The first-order valence-corrected chi connectivity index (χ1v) is 7.21. The van der Waals surface area contributed by atoms with Crippen molar-refractivity contribution in [2.24, 2.45) is 5.92 Å². The normalized spacial score (nSPS) is 18.6. The lowest BCUT2D eigenvalue weighted by Gasteiger charge is -2.22. The molecule has 1 fully saturated rings. The highest BCUT2D eigenvalue weighted by atomic mass is 16.5. The molecular weight excluding hydrogens is 254 g/mol. The van der Waals surface area contributed by atoms with E-state index in [9.17, 15) is 4.79 Å². The summed E-state index contributed by atoms with van der Waals surface area (Å²) >= 11 is 0. The summed E-state index contributed by atoms with van der Waals surface area (Å²) in [7, 11) is 3.16. The van der Waals surface area contributed by atoms with Crippen LogP contribution in [0.2, 0.25) is 0 Å². The second-order valence-electron chi connectivity index (χ2n) is 5.21. The quantitative estimate of drug-likeness (QED) is 0.812. The van der Waals surface area contributed by atoms with Crippen LogP contribution in [-0.2, 0) is 0 Å². The predicted molar refractivity (Wildman–Crippen MR) is 78.7 cm³/mol. The van der Waals surface area contributed by atoms with E-state index in [2.05, 4.69) is 5.32 Å². The molecule has 0 aromatic heterocycles. The Balaban J connectivity index is 2.04. The lowest BCUT2D eigenvalue weighted by molar-refractivity contribution is 0.0965. The average molecular weight is 277 g/mol. The van der Waals surface area contributed by atoms with Crippen molar-refractivity contribution < 1.29 is 14.3 Å². The van der Waals surface area contributed by atoms with Gasteiger partial charge >= 0.3 is 0 Å². The molecule has 0 spiro atoms. The number of hydrogen-bond acceptors (Lipinski definition) is 4. The summed E-state index contributed by atoms with van der Waals surface area (Å²) < 4.78 is 10.6. The number of nitrogens with one attached hydrogen (secondary N) is 1. The molecule has 1 aliphatic rings. The van der Waals surface area contributed by atoms with Crippen LogP contribution < -0.4 is 14.8 Å². The minimum atomic E-state index is 0.102. The van der Waals surface area contributed by atoms with E-state index in [-0.39, 0.29) is 5.78 Å². The molecule has 0 amide bonds. The van der Waals surface area contributed by atoms with Gasteiger partial charge < -0.3 is 14.8 Å². The molecule has 0 saturated carbocycles. The van der Waals surface area contributed by atoms with Crippen molar-refractivity contribution >= 4 is 5.78 Å². The van der Waals surface area contributed by atoms with Gasteiger partial charge in [0.1, 0.15) is 17.1 Å². The molecule has 20 heavy (non-hydrogen) atoms. The number of piperidine rings is 1. The van der Waals surface area contributed by atoms with E-state index in [1.165, 1.54) is 12.8 Å². The molecule has 4 nitrogen and oxygen atoms in total. The number of ether oxygens (including phenoxy) is 2. The van der Waals surface area contributed by atoms with Crippen LogP contribution in [0.4, 0.5) is 0 Å². The Morgan fingerprint density at radius 2 is 2.00 bits per heavy atom. The third kappa shape index (κ3) is 3.51. The number of carbonyl (C=O) groups excluding carboxylic acids is 1. The van der Waals surface area contributed by atoms with Gasteiger partial charge in [-0.3, -0.25) is 4.79 Å². The fourth-order valence-electron chi connectivity index (χ4n) is 2.76. The first-order valence-electron chi connectivity index (χ1n) is 7.21. The Bertz CT molecular complexity index is 431. The van der Waals surface area contributed by atoms with Crippen molar-refractivity contribution in [2.75, 3.05) is 27.3 Å². The summed E-state index contributed by atoms with van der Waals surface area (Å²) in [6.07, 6.45) is 3.89. The molecule has 1 aromatic carbocycles. The van der Waals surface area contributed by atoms with Gasteiger partial charge in [-0.25, -0.2) is 0 Å². The number of rotatable bonds is 6. The summed E-state index contributed by atoms with van der Waals surface area (Å²) in [6.45, 7) is 2.13. The SMILES string of the molecule is COc1cccc(OC)c1C(=O)CCC1CCCNC1. The van der Waals surface area contributed by atoms with E-state index >= 15 is 0 Å². The molecule has 1 saturated heterocycles. The Hall–Kier alpha value is -1.55. The van der Waals surface area contributed by atoms with Crippen LogP contribution in [0, 0.1) is 5.92 Å². The fourth-order valence-corrected chi connectivity index (χ4v) is 2.76. The van der Waals surface area contributed by atoms with E-state index in [0.717, 1.165) is 19.5 Å². The second kappa shape index (κ2) is 7.29. The first kappa shape index (κ1) is 14.9. The van der Waals surface area contributed by atoms with Gasteiger partial charge in [0.05, 0.1) is 14.2 Å². The molecule has 0 radical (unpaired) electrons. The van der Waals surface area contributed by atoms with E-state index in [4.69, 9.17) is 9.47 Å². The number of methoxy groups -OCH3 is 2. The fraction of sp³-hybridized carbons (Fsp3) is 0.562. The molecule has 2 rings (SSSR count). The molecule has 1 N–H and O–H groups in total. The minimum absolute atomic E-state index is 0.102. The molecule has 0 aliphatic carbocycles. The number of ketones is 1. The van der Waals surface area contributed by atoms with Crippen molar-refractivity contribution in [2.45, 2.75) is 25.7 Å². The molecule has 1 atom stereocenters. The van der Waals surface area contributed by atoms with Gasteiger partial charge in [-0.05, 0) is 50.4 Å². The van der Waals surface area contributed by atoms with Crippen LogP contribution in [0.5, 0.6) is 11.5 Å².